The zero-order chi connectivity index (χ0) is 18.8. The fraction of sp³-hybridized carbons (Fsp3) is 0.739. The maximum atomic E-state index is 12.1. The fourth-order valence-corrected chi connectivity index (χ4v) is 4.79. The van der Waals surface area contributed by atoms with E-state index in [0.29, 0.717) is 30.5 Å². The summed E-state index contributed by atoms with van der Waals surface area (Å²) in [6, 6.07) is 0. The molecular weight excluding hydrogens is 324 g/mol. The molecule has 0 amide bonds. The van der Waals surface area contributed by atoms with Crippen molar-refractivity contribution >= 4 is 11.8 Å². The molecule has 2 aliphatic carbocycles. The number of ether oxygens (including phenoxy) is 1. The van der Waals surface area contributed by atoms with Crippen LogP contribution in [0.25, 0.3) is 0 Å². The van der Waals surface area contributed by atoms with Crippen LogP contribution in [0.15, 0.2) is 24.3 Å². The van der Waals surface area contributed by atoms with Crippen LogP contribution < -0.4 is 0 Å². The number of allylic oxidation sites excluding steroid dienone is 4. The Hall–Kier alpha value is -1.38. The quantitative estimate of drug-likeness (QED) is 0.196. The number of carbonyl (C=O) groups excluding carboxylic acids is 2. The first-order chi connectivity index (χ1) is 12.7. The Morgan fingerprint density at radius 2 is 1.85 bits per heavy atom. The highest BCUT2D eigenvalue weighted by Crippen LogP contribution is 2.54. The molecule has 0 aromatic rings. The maximum Gasteiger partial charge on any atom is 0.305 e. The number of carbonyl (C=O) groups is 2. The second-order valence-electron chi connectivity index (χ2n) is 8.03. The lowest BCUT2D eigenvalue weighted by atomic mass is 9.77. The molecule has 0 spiro atoms. The normalized spacial score (nSPS) is 27.6. The molecule has 26 heavy (non-hydrogen) atoms. The molecule has 0 aromatic heterocycles. The molecule has 146 valence electrons. The number of methoxy groups -OCH3 is 1. The SMILES string of the molecule is CCCCCC(=O)/C=C/[C@H]1[C@@H]2CC[C@@H](C2)[C@@H]1C/C=C\CCCC(=O)OC. The predicted octanol–water partition coefficient (Wildman–Crippen LogP) is 5.64. The second kappa shape index (κ2) is 11.4. The van der Waals surface area contributed by atoms with Gasteiger partial charge < -0.3 is 4.74 Å². The third kappa shape index (κ3) is 6.41. The van der Waals surface area contributed by atoms with Crippen molar-refractivity contribution in [2.24, 2.45) is 23.7 Å². The molecule has 0 radical (unpaired) electrons. The Labute approximate surface area is 159 Å². The molecule has 4 atom stereocenters. The van der Waals surface area contributed by atoms with Gasteiger partial charge in [0, 0.05) is 12.8 Å². The third-order valence-electron chi connectivity index (χ3n) is 6.24. The second-order valence-corrected chi connectivity index (χ2v) is 8.03. The van der Waals surface area contributed by atoms with Crippen molar-refractivity contribution in [2.45, 2.75) is 77.6 Å². The monoisotopic (exact) mass is 360 g/mol. The van der Waals surface area contributed by atoms with E-state index in [0.717, 1.165) is 50.4 Å². The van der Waals surface area contributed by atoms with Gasteiger partial charge in [-0.1, -0.05) is 38.0 Å². The number of fused-ring (bicyclic) bond motifs is 2. The van der Waals surface area contributed by atoms with E-state index in [2.05, 4.69) is 29.9 Å². The molecule has 0 aliphatic heterocycles. The molecule has 2 fully saturated rings. The lowest BCUT2D eigenvalue weighted by Crippen LogP contribution is -2.20. The first kappa shape index (κ1) is 20.9. The van der Waals surface area contributed by atoms with Gasteiger partial charge >= 0.3 is 5.97 Å². The predicted molar refractivity (Wildman–Crippen MR) is 106 cm³/mol. The van der Waals surface area contributed by atoms with E-state index in [9.17, 15) is 9.59 Å². The lowest BCUT2D eigenvalue weighted by molar-refractivity contribution is -0.140. The zero-order valence-electron chi connectivity index (χ0n) is 16.6. The van der Waals surface area contributed by atoms with Crippen molar-refractivity contribution in [2.75, 3.05) is 7.11 Å². The Balaban J connectivity index is 1.77. The van der Waals surface area contributed by atoms with Gasteiger partial charge in [-0.25, -0.2) is 0 Å². The van der Waals surface area contributed by atoms with Crippen LogP contribution in [-0.4, -0.2) is 18.9 Å². The van der Waals surface area contributed by atoms with E-state index in [1.165, 1.54) is 26.4 Å². The summed E-state index contributed by atoms with van der Waals surface area (Å²) >= 11 is 0. The van der Waals surface area contributed by atoms with E-state index in [4.69, 9.17) is 0 Å². The van der Waals surface area contributed by atoms with E-state index in [-0.39, 0.29) is 5.97 Å². The largest absolute Gasteiger partial charge is 0.469 e. The lowest BCUT2D eigenvalue weighted by Gasteiger charge is -2.28. The Bertz CT molecular complexity index is 506. The molecule has 0 heterocycles. The van der Waals surface area contributed by atoms with E-state index >= 15 is 0 Å². The number of esters is 1. The summed E-state index contributed by atoms with van der Waals surface area (Å²) in [5.74, 6) is 3.09. The van der Waals surface area contributed by atoms with Crippen LogP contribution in [0.5, 0.6) is 0 Å². The third-order valence-corrected chi connectivity index (χ3v) is 6.24. The highest BCUT2D eigenvalue weighted by molar-refractivity contribution is 5.89. The molecule has 2 rings (SSSR count). The minimum atomic E-state index is -0.125. The van der Waals surface area contributed by atoms with Gasteiger partial charge in [-0.2, -0.15) is 0 Å². The summed E-state index contributed by atoms with van der Waals surface area (Å²) in [5.41, 5.74) is 0. The van der Waals surface area contributed by atoms with Crippen LogP contribution >= 0.6 is 0 Å². The average molecular weight is 361 g/mol. The van der Waals surface area contributed by atoms with Crippen molar-refractivity contribution in [3.05, 3.63) is 24.3 Å². The number of unbranched alkanes of at least 4 members (excludes halogenated alkanes) is 3. The molecule has 3 heteroatoms. The maximum absolute atomic E-state index is 12.1. The smallest absolute Gasteiger partial charge is 0.305 e. The summed E-state index contributed by atoms with van der Waals surface area (Å²) in [6.07, 6.45) is 20.1. The molecule has 0 saturated heterocycles. The van der Waals surface area contributed by atoms with Crippen molar-refractivity contribution < 1.29 is 14.3 Å². The fourth-order valence-electron chi connectivity index (χ4n) is 4.79. The van der Waals surface area contributed by atoms with Gasteiger partial charge in [0.2, 0.25) is 0 Å². The molecule has 2 saturated carbocycles. The molecule has 0 aromatic carbocycles. The van der Waals surface area contributed by atoms with Crippen LogP contribution in [0.3, 0.4) is 0 Å². The van der Waals surface area contributed by atoms with Gasteiger partial charge in [-0.15, -0.1) is 0 Å². The van der Waals surface area contributed by atoms with Gasteiger partial charge in [0.25, 0.3) is 0 Å². The standard InChI is InChI=1S/C23H36O3/c1-3-4-7-10-20(24)15-16-22-19-14-13-18(17-19)21(22)11-8-5-6-9-12-23(25)26-2/h5,8,15-16,18-19,21-22H,3-4,6-7,9-14,17H2,1-2H3/b8-5-,16-15+/t18-,19+,21-,22-/m0/s1. The van der Waals surface area contributed by atoms with Gasteiger partial charge in [0.1, 0.15) is 0 Å². The van der Waals surface area contributed by atoms with E-state index in [1.807, 2.05) is 6.08 Å². The molecule has 2 aliphatic rings. The average Bonchev–Trinajstić information content (AvgIpc) is 3.24. The summed E-state index contributed by atoms with van der Waals surface area (Å²) < 4.78 is 4.66. The summed E-state index contributed by atoms with van der Waals surface area (Å²) in [5, 5.41) is 0. The van der Waals surface area contributed by atoms with Gasteiger partial charge in [-0.05, 0) is 74.7 Å². The highest BCUT2D eigenvalue weighted by atomic mass is 16.5. The first-order valence-corrected chi connectivity index (χ1v) is 10.6. The molecule has 0 unspecified atom stereocenters. The van der Waals surface area contributed by atoms with Crippen molar-refractivity contribution in [3.8, 4) is 0 Å². The first-order valence-electron chi connectivity index (χ1n) is 10.6. The van der Waals surface area contributed by atoms with Crippen molar-refractivity contribution in [3.63, 3.8) is 0 Å². The molecule has 3 nitrogen and oxygen atoms in total. The van der Waals surface area contributed by atoms with Crippen molar-refractivity contribution in [1.82, 2.24) is 0 Å². The van der Waals surface area contributed by atoms with Crippen LogP contribution in [0.4, 0.5) is 0 Å². The Morgan fingerprint density at radius 1 is 1.04 bits per heavy atom. The van der Waals surface area contributed by atoms with Crippen LogP contribution in [0.1, 0.15) is 77.6 Å². The number of ketones is 1. The summed E-state index contributed by atoms with van der Waals surface area (Å²) in [4.78, 5) is 23.2. The van der Waals surface area contributed by atoms with Crippen molar-refractivity contribution in [1.29, 1.82) is 0 Å². The molecular formula is C23H36O3. The zero-order valence-corrected chi connectivity index (χ0v) is 16.6. The van der Waals surface area contributed by atoms with E-state index in [1.54, 1.807) is 0 Å². The highest BCUT2D eigenvalue weighted by Gasteiger charge is 2.45. The molecule has 2 bridgehead atoms. The van der Waals surface area contributed by atoms with Gasteiger partial charge in [0.05, 0.1) is 7.11 Å². The molecule has 0 N–H and O–H groups in total. The van der Waals surface area contributed by atoms with Gasteiger partial charge in [0.15, 0.2) is 5.78 Å². The Morgan fingerprint density at radius 3 is 2.62 bits per heavy atom. The van der Waals surface area contributed by atoms with Gasteiger partial charge in [-0.3, -0.25) is 9.59 Å². The van der Waals surface area contributed by atoms with Crippen LogP contribution in [-0.2, 0) is 14.3 Å². The number of hydrogen-bond donors (Lipinski definition) is 0. The summed E-state index contributed by atoms with van der Waals surface area (Å²) in [6.45, 7) is 2.17. The number of rotatable bonds is 12. The topological polar surface area (TPSA) is 43.4 Å². The minimum absolute atomic E-state index is 0.125. The van der Waals surface area contributed by atoms with E-state index < -0.39 is 0 Å². The van der Waals surface area contributed by atoms with Crippen LogP contribution in [0, 0.1) is 23.7 Å². The Kier molecular flexibility index (Phi) is 9.14. The number of hydrogen-bond acceptors (Lipinski definition) is 3. The summed E-state index contributed by atoms with van der Waals surface area (Å²) in [7, 11) is 1.44. The minimum Gasteiger partial charge on any atom is -0.469 e. The van der Waals surface area contributed by atoms with Crippen LogP contribution in [0.2, 0.25) is 0 Å².